The highest BCUT2D eigenvalue weighted by Crippen LogP contribution is 2.35. The molecule has 5 rings (SSSR count). The van der Waals surface area contributed by atoms with E-state index in [1.165, 1.54) is 17.2 Å². The van der Waals surface area contributed by atoms with Crippen LogP contribution in [0.3, 0.4) is 0 Å². The number of aromatic amines is 1. The van der Waals surface area contributed by atoms with Crippen LogP contribution in [0.1, 0.15) is 66.1 Å². The van der Waals surface area contributed by atoms with Crippen LogP contribution in [0.25, 0.3) is 11.0 Å². The summed E-state index contributed by atoms with van der Waals surface area (Å²) in [6.45, 7) is 10.4. The molecule has 0 aliphatic carbocycles. The number of carbonyl (C=O) groups is 1. The van der Waals surface area contributed by atoms with Gasteiger partial charge in [-0.3, -0.25) is 14.5 Å². The van der Waals surface area contributed by atoms with Crippen molar-refractivity contribution in [3.05, 3.63) is 86.3 Å². The van der Waals surface area contributed by atoms with Crippen molar-refractivity contribution in [2.75, 3.05) is 13.2 Å². The second-order valence-electron chi connectivity index (χ2n) is 10.6. The van der Waals surface area contributed by atoms with Crippen molar-refractivity contribution in [2.45, 2.75) is 65.6 Å². The van der Waals surface area contributed by atoms with Gasteiger partial charge in [-0.1, -0.05) is 36.4 Å². The SMILES string of the molecule is CCOC(=O)C[C@H](c1ccc(C)c(CN2Cc3[nH]c(=O)ccc3O[C@@H](CC)C2)c1)c1ccc2c(nnn2C)c1C. The number of esters is 1. The van der Waals surface area contributed by atoms with Crippen LogP contribution in [0.15, 0.2) is 47.3 Å². The highest BCUT2D eigenvalue weighted by atomic mass is 16.5. The van der Waals surface area contributed by atoms with Gasteiger partial charge in [0.25, 0.3) is 0 Å². The van der Waals surface area contributed by atoms with Crippen LogP contribution >= 0.6 is 0 Å². The first kappa shape index (κ1) is 27.6. The summed E-state index contributed by atoms with van der Waals surface area (Å²) >= 11 is 0. The Labute approximate surface area is 234 Å². The van der Waals surface area contributed by atoms with Crippen molar-refractivity contribution in [1.82, 2.24) is 24.9 Å². The number of aromatic nitrogens is 4. The average molecular weight is 544 g/mol. The molecule has 1 aliphatic heterocycles. The standard InChI is InChI=1S/C31H37N5O4/c1-6-23-17-36(18-26-28(40-23)12-13-29(37)32-26)16-22-14-21(9-8-19(22)3)25(15-30(38)39-7-2)24-10-11-27-31(20(24)4)33-34-35(27)5/h8-14,23,25H,6-7,15-18H2,1-5H3,(H,32,37)/t23-,25+/m0/s1. The number of ether oxygens (including phenoxy) is 2. The number of H-pyrrole nitrogens is 1. The summed E-state index contributed by atoms with van der Waals surface area (Å²) in [5, 5.41) is 8.57. The van der Waals surface area contributed by atoms with Crippen molar-refractivity contribution < 1.29 is 14.3 Å². The maximum Gasteiger partial charge on any atom is 0.306 e. The number of benzene rings is 2. The zero-order valence-corrected chi connectivity index (χ0v) is 23.9. The van der Waals surface area contributed by atoms with Crippen LogP contribution in [-0.2, 0) is 29.7 Å². The van der Waals surface area contributed by atoms with Gasteiger partial charge in [-0.15, -0.1) is 5.10 Å². The zero-order chi connectivity index (χ0) is 28.4. The number of hydrogen-bond donors (Lipinski definition) is 1. The number of carbonyl (C=O) groups excluding carboxylic acids is 1. The molecule has 0 spiro atoms. The van der Waals surface area contributed by atoms with E-state index < -0.39 is 0 Å². The van der Waals surface area contributed by atoms with Gasteiger partial charge in [0.2, 0.25) is 5.56 Å². The van der Waals surface area contributed by atoms with E-state index in [-0.39, 0.29) is 30.0 Å². The van der Waals surface area contributed by atoms with E-state index in [9.17, 15) is 9.59 Å². The Morgan fingerprint density at radius 2 is 2.00 bits per heavy atom. The number of rotatable bonds is 8. The highest BCUT2D eigenvalue weighted by molar-refractivity contribution is 5.80. The smallest absolute Gasteiger partial charge is 0.306 e. The van der Waals surface area contributed by atoms with E-state index in [0.717, 1.165) is 52.1 Å². The largest absolute Gasteiger partial charge is 0.487 e. The molecule has 40 heavy (non-hydrogen) atoms. The van der Waals surface area contributed by atoms with Gasteiger partial charge in [-0.05, 0) is 67.1 Å². The van der Waals surface area contributed by atoms with Crippen LogP contribution in [0.4, 0.5) is 0 Å². The van der Waals surface area contributed by atoms with E-state index in [2.05, 4.69) is 58.3 Å². The molecule has 0 fully saturated rings. The number of aryl methyl sites for hydroxylation is 3. The Morgan fingerprint density at radius 1 is 1.18 bits per heavy atom. The predicted molar refractivity (Wildman–Crippen MR) is 153 cm³/mol. The van der Waals surface area contributed by atoms with E-state index >= 15 is 0 Å². The third-order valence-corrected chi connectivity index (χ3v) is 7.85. The molecule has 0 saturated heterocycles. The molecule has 0 bridgehead atoms. The quantitative estimate of drug-likeness (QED) is 0.326. The maximum atomic E-state index is 12.8. The summed E-state index contributed by atoms with van der Waals surface area (Å²) in [7, 11) is 1.88. The van der Waals surface area contributed by atoms with Crippen molar-refractivity contribution in [1.29, 1.82) is 0 Å². The zero-order valence-electron chi connectivity index (χ0n) is 23.9. The molecule has 4 aromatic rings. The molecule has 210 valence electrons. The van der Waals surface area contributed by atoms with Crippen molar-refractivity contribution in [3.63, 3.8) is 0 Å². The maximum absolute atomic E-state index is 12.8. The molecule has 2 atom stereocenters. The Hall–Kier alpha value is -3.98. The normalized spacial score (nSPS) is 16.3. The molecule has 9 nitrogen and oxygen atoms in total. The summed E-state index contributed by atoms with van der Waals surface area (Å²) in [6, 6.07) is 13.8. The molecule has 1 N–H and O–H groups in total. The summed E-state index contributed by atoms with van der Waals surface area (Å²) in [5.74, 6) is 0.311. The minimum Gasteiger partial charge on any atom is -0.487 e. The Bertz CT molecular complexity index is 1590. The minimum absolute atomic E-state index is 0.0218. The lowest BCUT2D eigenvalue weighted by Gasteiger charge is -2.25. The first-order valence-corrected chi connectivity index (χ1v) is 13.9. The highest BCUT2D eigenvalue weighted by Gasteiger charge is 2.26. The van der Waals surface area contributed by atoms with Gasteiger partial charge in [-0.2, -0.15) is 0 Å². The fourth-order valence-corrected chi connectivity index (χ4v) is 5.60. The summed E-state index contributed by atoms with van der Waals surface area (Å²) in [5.41, 5.74) is 7.89. The van der Waals surface area contributed by atoms with Crippen LogP contribution in [0, 0.1) is 13.8 Å². The fraction of sp³-hybridized carbons (Fsp3) is 0.419. The molecule has 0 unspecified atom stereocenters. The molecule has 3 heterocycles. The number of fused-ring (bicyclic) bond motifs is 2. The van der Waals surface area contributed by atoms with E-state index in [0.29, 0.717) is 19.7 Å². The first-order chi connectivity index (χ1) is 19.3. The Kier molecular flexibility index (Phi) is 8.02. The van der Waals surface area contributed by atoms with Gasteiger partial charge >= 0.3 is 5.97 Å². The molecule has 0 radical (unpaired) electrons. The van der Waals surface area contributed by atoms with Crippen LogP contribution in [0.5, 0.6) is 5.75 Å². The average Bonchev–Trinajstić information content (AvgIpc) is 3.21. The van der Waals surface area contributed by atoms with Crippen molar-refractivity contribution in [3.8, 4) is 5.75 Å². The van der Waals surface area contributed by atoms with Crippen LogP contribution in [0.2, 0.25) is 0 Å². The Morgan fingerprint density at radius 3 is 2.77 bits per heavy atom. The van der Waals surface area contributed by atoms with Crippen molar-refractivity contribution in [2.24, 2.45) is 7.05 Å². The van der Waals surface area contributed by atoms with E-state index in [1.54, 1.807) is 10.7 Å². The van der Waals surface area contributed by atoms with Gasteiger partial charge in [0, 0.05) is 38.7 Å². The van der Waals surface area contributed by atoms with Gasteiger partial charge in [0.1, 0.15) is 17.4 Å². The molecule has 1 aliphatic rings. The van der Waals surface area contributed by atoms with E-state index in [4.69, 9.17) is 9.47 Å². The first-order valence-electron chi connectivity index (χ1n) is 13.9. The van der Waals surface area contributed by atoms with Gasteiger partial charge in [0.05, 0.1) is 24.2 Å². The van der Waals surface area contributed by atoms with Crippen molar-refractivity contribution >= 4 is 17.0 Å². The molecule has 0 saturated carbocycles. The number of hydrogen-bond acceptors (Lipinski definition) is 7. The lowest BCUT2D eigenvalue weighted by molar-refractivity contribution is -0.143. The van der Waals surface area contributed by atoms with Gasteiger partial charge < -0.3 is 14.5 Å². The van der Waals surface area contributed by atoms with Crippen LogP contribution in [-0.4, -0.2) is 50.1 Å². The van der Waals surface area contributed by atoms with Gasteiger partial charge in [-0.25, -0.2) is 4.68 Å². The second kappa shape index (κ2) is 11.6. The molecule has 2 aromatic carbocycles. The Balaban J connectivity index is 1.51. The molecule has 9 heteroatoms. The van der Waals surface area contributed by atoms with E-state index in [1.807, 2.05) is 27.0 Å². The second-order valence-corrected chi connectivity index (χ2v) is 10.6. The third kappa shape index (κ3) is 5.65. The minimum atomic E-state index is -0.232. The molecular formula is C31H37N5O4. The summed E-state index contributed by atoms with van der Waals surface area (Å²) in [6.07, 6.45) is 1.11. The summed E-state index contributed by atoms with van der Waals surface area (Å²) < 4.78 is 13.4. The lowest BCUT2D eigenvalue weighted by atomic mass is 9.84. The monoisotopic (exact) mass is 543 g/mol. The van der Waals surface area contributed by atoms with Gasteiger partial charge in [0.15, 0.2) is 0 Å². The summed E-state index contributed by atoms with van der Waals surface area (Å²) in [4.78, 5) is 30.1. The molecule has 2 aromatic heterocycles. The molecule has 0 amide bonds. The third-order valence-electron chi connectivity index (χ3n) is 7.85. The number of nitrogens with zero attached hydrogens (tertiary/aromatic N) is 4. The topological polar surface area (TPSA) is 102 Å². The predicted octanol–water partition coefficient (Wildman–Crippen LogP) is 4.53. The molecular weight excluding hydrogens is 506 g/mol. The number of nitrogens with one attached hydrogen (secondary N) is 1. The number of pyridine rings is 1. The lowest BCUT2D eigenvalue weighted by Crippen LogP contribution is -2.32. The fourth-order valence-electron chi connectivity index (χ4n) is 5.60. The van der Waals surface area contributed by atoms with Crippen LogP contribution < -0.4 is 10.3 Å².